The number of amides is 1. The van der Waals surface area contributed by atoms with Gasteiger partial charge in [-0.15, -0.1) is 0 Å². The minimum absolute atomic E-state index is 0.112. The maximum absolute atomic E-state index is 13.0. The van der Waals surface area contributed by atoms with Gasteiger partial charge in [0.15, 0.2) is 6.10 Å². The van der Waals surface area contributed by atoms with Crippen LogP contribution in [0.4, 0.5) is 0 Å². The molecule has 1 atom stereocenters. The second kappa shape index (κ2) is 12.2. The summed E-state index contributed by atoms with van der Waals surface area (Å²) in [5, 5.41) is 14.0. The molecular weight excluding hydrogens is 524 g/mol. The molecule has 210 valence electrons. The lowest BCUT2D eigenvalue weighted by Gasteiger charge is -2.20. The van der Waals surface area contributed by atoms with E-state index in [9.17, 15) is 14.7 Å². The molecule has 7 heteroatoms. The van der Waals surface area contributed by atoms with Gasteiger partial charge in [0.05, 0.1) is 5.02 Å². The Kier molecular flexibility index (Phi) is 8.89. The van der Waals surface area contributed by atoms with E-state index in [-0.39, 0.29) is 11.8 Å². The zero-order chi connectivity index (χ0) is 29.1. The summed E-state index contributed by atoms with van der Waals surface area (Å²) < 4.78 is 7.99. The zero-order valence-corrected chi connectivity index (χ0v) is 24.7. The number of rotatable bonds is 10. The second-order valence-electron chi connectivity index (χ2n) is 11.0. The van der Waals surface area contributed by atoms with Crippen LogP contribution in [-0.4, -0.2) is 27.7 Å². The van der Waals surface area contributed by atoms with E-state index in [0.29, 0.717) is 35.3 Å². The average Bonchev–Trinajstić information content (AvgIpc) is 3.15. The molecule has 1 amide bonds. The van der Waals surface area contributed by atoms with Gasteiger partial charge in [-0.1, -0.05) is 69.6 Å². The Morgan fingerprint density at radius 3 is 2.40 bits per heavy atom. The fourth-order valence-corrected chi connectivity index (χ4v) is 5.03. The van der Waals surface area contributed by atoms with Gasteiger partial charge < -0.3 is 19.7 Å². The van der Waals surface area contributed by atoms with Crippen LogP contribution in [0.5, 0.6) is 5.75 Å². The van der Waals surface area contributed by atoms with Gasteiger partial charge in [-0.2, -0.15) is 0 Å². The molecule has 0 aliphatic rings. The molecule has 0 aliphatic carbocycles. The van der Waals surface area contributed by atoms with Crippen LogP contribution in [0, 0.1) is 19.8 Å². The first-order valence-corrected chi connectivity index (χ1v) is 14.0. The van der Waals surface area contributed by atoms with E-state index in [4.69, 9.17) is 16.3 Å². The highest BCUT2D eigenvalue weighted by molar-refractivity contribution is 6.32. The predicted octanol–water partition coefficient (Wildman–Crippen LogP) is 7.50. The second-order valence-corrected chi connectivity index (χ2v) is 11.4. The number of fused-ring (bicyclic) bond motifs is 1. The first kappa shape index (κ1) is 29.2. The van der Waals surface area contributed by atoms with Crippen LogP contribution >= 0.6 is 11.6 Å². The molecule has 0 fully saturated rings. The number of nitrogens with zero attached hydrogens (tertiary/aromatic N) is 1. The van der Waals surface area contributed by atoms with E-state index >= 15 is 0 Å². The number of halogens is 1. The van der Waals surface area contributed by atoms with Crippen LogP contribution in [0.15, 0.2) is 60.7 Å². The Balaban J connectivity index is 1.56. The molecule has 40 heavy (non-hydrogen) atoms. The summed E-state index contributed by atoms with van der Waals surface area (Å²) in [5.74, 6) is -0.569. The molecule has 4 aromatic rings. The first-order chi connectivity index (χ1) is 19.0. The molecule has 6 nitrogen and oxygen atoms in total. The number of carbonyl (C=O) groups excluding carboxylic acids is 1. The highest BCUT2D eigenvalue weighted by Gasteiger charge is 2.24. The SMILES string of the molecule is Cc1c(C)n(Cc2ccc(Cl)c(OC(C(=O)O)C(C)C)c2)c2ccc(C(=O)NCc3cccc(C(C)C)c3)cc12. The lowest BCUT2D eigenvalue weighted by Crippen LogP contribution is -2.32. The Bertz CT molecular complexity index is 1550. The Labute approximate surface area is 240 Å². The molecule has 0 radical (unpaired) electrons. The monoisotopic (exact) mass is 560 g/mol. The van der Waals surface area contributed by atoms with E-state index < -0.39 is 12.1 Å². The van der Waals surface area contributed by atoms with Crippen molar-refractivity contribution in [2.24, 2.45) is 5.92 Å². The van der Waals surface area contributed by atoms with Crippen molar-refractivity contribution in [2.75, 3.05) is 0 Å². The molecule has 4 rings (SSSR count). The maximum atomic E-state index is 13.0. The number of aromatic nitrogens is 1. The van der Waals surface area contributed by atoms with Gasteiger partial charge in [-0.3, -0.25) is 4.79 Å². The third-order valence-corrected chi connectivity index (χ3v) is 7.72. The van der Waals surface area contributed by atoms with Gasteiger partial charge >= 0.3 is 5.97 Å². The molecule has 2 N–H and O–H groups in total. The van der Waals surface area contributed by atoms with Crippen molar-refractivity contribution in [1.29, 1.82) is 0 Å². The topological polar surface area (TPSA) is 80.6 Å². The smallest absolute Gasteiger partial charge is 0.345 e. The molecule has 0 spiro atoms. The van der Waals surface area contributed by atoms with Gasteiger partial charge in [0, 0.05) is 41.2 Å². The summed E-state index contributed by atoms with van der Waals surface area (Å²) in [4.78, 5) is 24.7. The molecule has 0 saturated carbocycles. The van der Waals surface area contributed by atoms with Gasteiger partial charge in [0.1, 0.15) is 5.75 Å². The quantitative estimate of drug-likeness (QED) is 0.210. The number of ether oxygens (including phenoxy) is 1. The lowest BCUT2D eigenvalue weighted by molar-refractivity contribution is -0.147. The summed E-state index contributed by atoms with van der Waals surface area (Å²) >= 11 is 6.35. The maximum Gasteiger partial charge on any atom is 0.345 e. The Morgan fingerprint density at radius 1 is 0.975 bits per heavy atom. The van der Waals surface area contributed by atoms with E-state index in [2.05, 4.69) is 49.7 Å². The summed E-state index contributed by atoms with van der Waals surface area (Å²) in [6.07, 6.45) is -0.993. The lowest BCUT2D eigenvalue weighted by atomic mass is 10.0. The van der Waals surface area contributed by atoms with E-state index in [1.807, 2.05) is 36.4 Å². The number of hydrogen-bond acceptors (Lipinski definition) is 3. The third-order valence-electron chi connectivity index (χ3n) is 7.41. The van der Waals surface area contributed by atoms with Crippen molar-refractivity contribution >= 4 is 34.4 Å². The van der Waals surface area contributed by atoms with Gasteiger partial charge in [0.2, 0.25) is 0 Å². The highest BCUT2D eigenvalue weighted by atomic mass is 35.5. The molecule has 1 aromatic heterocycles. The third kappa shape index (κ3) is 6.34. The summed E-state index contributed by atoms with van der Waals surface area (Å²) in [6, 6.07) is 19.5. The fraction of sp³-hybridized carbons (Fsp3) is 0.333. The van der Waals surface area contributed by atoms with E-state index in [1.54, 1.807) is 26.0 Å². The first-order valence-electron chi connectivity index (χ1n) is 13.6. The van der Waals surface area contributed by atoms with Crippen molar-refractivity contribution in [1.82, 2.24) is 9.88 Å². The van der Waals surface area contributed by atoms with E-state index in [1.165, 1.54) is 5.56 Å². The molecule has 0 saturated heterocycles. The van der Waals surface area contributed by atoms with Crippen molar-refractivity contribution < 1.29 is 19.4 Å². The predicted molar refractivity (Wildman–Crippen MR) is 161 cm³/mol. The van der Waals surface area contributed by atoms with Crippen LogP contribution < -0.4 is 10.1 Å². The van der Waals surface area contributed by atoms with Crippen LogP contribution in [0.25, 0.3) is 10.9 Å². The Morgan fingerprint density at radius 2 is 1.73 bits per heavy atom. The molecule has 1 heterocycles. The van der Waals surface area contributed by atoms with Crippen LogP contribution in [-0.2, 0) is 17.9 Å². The number of carboxylic acid groups (broad SMARTS) is 1. The van der Waals surface area contributed by atoms with Crippen molar-refractivity contribution in [3.63, 3.8) is 0 Å². The fourth-order valence-electron chi connectivity index (χ4n) is 4.87. The minimum Gasteiger partial charge on any atom is -0.478 e. The van der Waals surface area contributed by atoms with Gasteiger partial charge in [-0.05, 0) is 72.4 Å². The zero-order valence-electron chi connectivity index (χ0n) is 23.9. The molecule has 3 aromatic carbocycles. The van der Waals surface area contributed by atoms with Crippen molar-refractivity contribution in [2.45, 2.75) is 66.7 Å². The highest BCUT2D eigenvalue weighted by Crippen LogP contribution is 2.31. The van der Waals surface area contributed by atoms with Crippen molar-refractivity contribution in [3.8, 4) is 5.75 Å². The number of aliphatic carboxylic acids is 1. The van der Waals surface area contributed by atoms with E-state index in [0.717, 1.165) is 33.3 Å². The average molecular weight is 561 g/mol. The molecule has 1 unspecified atom stereocenters. The van der Waals surface area contributed by atoms with Gasteiger partial charge in [-0.25, -0.2) is 4.79 Å². The number of carboxylic acids is 1. The number of benzene rings is 3. The molecule has 0 aliphatic heterocycles. The number of aryl methyl sites for hydroxylation is 1. The van der Waals surface area contributed by atoms with Crippen LogP contribution in [0.3, 0.4) is 0 Å². The number of hydrogen-bond donors (Lipinski definition) is 2. The largest absolute Gasteiger partial charge is 0.478 e. The summed E-state index contributed by atoms with van der Waals surface area (Å²) in [6.45, 7) is 13.0. The molecule has 0 bridgehead atoms. The number of nitrogens with one attached hydrogen (secondary N) is 1. The summed E-state index contributed by atoms with van der Waals surface area (Å²) in [5.41, 5.74) is 7.07. The Hall–Kier alpha value is -3.77. The van der Waals surface area contributed by atoms with Crippen molar-refractivity contribution in [3.05, 3.63) is 99.2 Å². The van der Waals surface area contributed by atoms with Crippen LogP contribution in [0.2, 0.25) is 5.02 Å². The standard InChI is InChI=1S/C33H37ClN2O4/c1-19(2)25-9-7-8-23(14-25)17-35-32(37)26-11-13-29-27(16-26)21(5)22(6)36(29)18-24-10-12-28(34)30(15-24)40-31(20(3)4)33(38)39/h7-16,19-20,31H,17-18H2,1-6H3,(H,35,37)(H,38,39). The number of carbonyl (C=O) groups is 2. The molecular formula is C33H37ClN2O4. The van der Waals surface area contributed by atoms with Crippen LogP contribution in [0.1, 0.15) is 71.9 Å². The minimum atomic E-state index is -1.02. The summed E-state index contributed by atoms with van der Waals surface area (Å²) in [7, 11) is 0. The normalized spacial score (nSPS) is 12.2. The van der Waals surface area contributed by atoms with Gasteiger partial charge in [0.25, 0.3) is 5.91 Å².